The summed E-state index contributed by atoms with van der Waals surface area (Å²) in [6.45, 7) is 59.9. The second kappa shape index (κ2) is 75.6. The highest BCUT2D eigenvalue weighted by Crippen LogP contribution is 2.27. The molecular formula is C88H151Cl2N13O38S3. The second-order valence-corrected chi connectivity index (χ2v) is 39.2. The zero-order valence-electron chi connectivity index (χ0n) is 87.9. The van der Waals surface area contributed by atoms with E-state index in [4.69, 9.17) is 67.4 Å². The number of aliphatic hydroxyl groups excluding tert-OH is 1. The third-order valence-electron chi connectivity index (χ3n) is 17.3. The first-order chi connectivity index (χ1) is 65.5. The summed E-state index contributed by atoms with van der Waals surface area (Å²) >= 11 is 0. The van der Waals surface area contributed by atoms with Crippen molar-refractivity contribution in [3.8, 4) is 0 Å². The number of aromatic carboxylic acids is 1. The van der Waals surface area contributed by atoms with Gasteiger partial charge in [-0.05, 0) is 237 Å². The number of sulfone groups is 2. The number of nitrogens with one attached hydrogen (secondary N) is 7. The summed E-state index contributed by atoms with van der Waals surface area (Å²) in [6, 6.07) is -2.55. The zero-order valence-corrected chi connectivity index (χ0v) is 91.9. The molecule has 6 unspecified atom stereocenters. The number of carbonyl (C=O) groups excluding carboxylic acids is 12. The summed E-state index contributed by atoms with van der Waals surface area (Å²) < 4.78 is 124. The number of nitrogens with zero attached hydrogens (tertiary/aromatic N) is 4. The van der Waals surface area contributed by atoms with Crippen molar-refractivity contribution in [2.45, 2.75) is 309 Å². The molecule has 0 aliphatic heterocycles. The molecule has 0 aromatic carbocycles. The van der Waals surface area contributed by atoms with Crippen LogP contribution in [0.3, 0.4) is 0 Å². The first-order valence-electron chi connectivity index (χ1n) is 44.4. The molecule has 4 rings (SSSR count). The molecule has 0 saturated heterocycles. The summed E-state index contributed by atoms with van der Waals surface area (Å²) in [5.41, 5.74) is 13.9. The van der Waals surface area contributed by atoms with E-state index in [1.54, 1.807) is 125 Å². The van der Waals surface area contributed by atoms with Crippen LogP contribution >= 0.6 is 23.1 Å². The summed E-state index contributed by atoms with van der Waals surface area (Å²) in [5, 5.41) is 54.9. The third kappa shape index (κ3) is 68.9. The highest BCUT2D eigenvalue weighted by molar-refractivity contribution is 8.13. The normalized spacial score (nSPS) is 11.7. The molecule has 13 N–H and O–H groups in total. The van der Waals surface area contributed by atoms with Crippen molar-refractivity contribution in [3.63, 3.8) is 0 Å². The summed E-state index contributed by atoms with van der Waals surface area (Å²) in [4.78, 5) is 183. The Labute approximate surface area is 851 Å². The number of halogens is 2. The Bertz CT molecular complexity index is 5040. The zero-order chi connectivity index (χ0) is 113. The summed E-state index contributed by atoms with van der Waals surface area (Å²) in [5.74, 6) is -5.12. The number of aliphatic hydroxyl groups is 1. The van der Waals surface area contributed by atoms with Gasteiger partial charge in [0.25, 0.3) is 9.05 Å². The number of carboxylic acids is 1. The first-order valence-corrected chi connectivity index (χ1v) is 50.0. The van der Waals surface area contributed by atoms with Crippen LogP contribution < -0.4 is 27.4 Å². The largest absolute Gasteiger partial charge is 0.477 e. The SMILES string of the molecule is CC(=O)OC(C)C(C)[N+](=O)[O-].CC(=O)OC(C)C(C)[N+](=O)[O-].CC(C)(C)OC(=O)NCCN.CC(O)C(C)[N+](=O)[O-].CCOC(=O)CCC=O.CCOC(=O)CN.CCOC(=O)c1[nH]c(S(=O)(=O)CCCNC(=O)OC(C)(C)C)c(C)c1C.CCOC(=O)c1[nH]c(S(=O)(=O)Cl)c(C)c1C.CCOC(=O)c1[nH]cc(C)c1C.Cc1c(C(=O)O)[nH]c(S(=O)(=O)CCCNC(=O)OC(C)(C)C)c1C.Cl.[C-]#[N+]CC(=O)OCC. The van der Waals surface area contributed by atoms with Gasteiger partial charge >= 0.3 is 78.5 Å². The van der Waals surface area contributed by atoms with E-state index in [9.17, 15) is 118 Å². The van der Waals surface area contributed by atoms with Gasteiger partial charge < -0.3 is 119 Å². The van der Waals surface area contributed by atoms with Crippen LogP contribution in [0.2, 0.25) is 0 Å². The Morgan fingerprint density at radius 1 is 0.486 bits per heavy atom. The molecule has 0 radical (unpaired) electrons. The van der Waals surface area contributed by atoms with E-state index >= 15 is 0 Å². The lowest BCUT2D eigenvalue weighted by molar-refractivity contribution is -0.528. The number of carboxylic acid groups (broad SMARTS) is 1. The van der Waals surface area contributed by atoms with E-state index in [-0.39, 0.29) is 139 Å². The van der Waals surface area contributed by atoms with Crippen molar-refractivity contribution >= 4 is 130 Å². The van der Waals surface area contributed by atoms with Crippen LogP contribution in [0.15, 0.2) is 21.3 Å². The fourth-order valence-electron chi connectivity index (χ4n) is 9.25. The van der Waals surface area contributed by atoms with Crippen molar-refractivity contribution in [1.29, 1.82) is 0 Å². The van der Waals surface area contributed by atoms with E-state index in [1.807, 2.05) is 40.8 Å². The Balaban J connectivity index is -0.000000242. The minimum atomic E-state index is -3.87. The smallest absolute Gasteiger partial charge is 0.407 e. The number of nitrogens with two attached hydrogens (primary N) is 2. The van der Waals surface area contributed by atoms with E-state index in [1.165, 1.54) is 55.4 Å². The number of esters is 8. The molecular weight excluding hydrogens is 2010 g/mol. The molecule has 0 bridgehead atoms. The average Bonchev–Trinajstić information content (AvgIpc) is 1.65. The van der Waals surface area contributed by atoms with Crippen LogP contribution in [0.5, 0.6) is 0 Å². The molecule has 0 saturated carbocycles. The fraction of sp³-hybridized carbons (Fsp3) is 0.659. The molecule has 828 valence electrons. The maximum absolute atomic E-state index is 12.5. The molecule has 3 amide bonds. The number of ether oxygens (including phenoxy) is 11. The van der Waals surface area contributed by atoms with Crippen LogP contribution in [-0.4, -0.2) is 292 Å². The number of aromatic amines is 4. The Morgan fingerprint density at radius 3 is 1.03 bits per heavy atom. The van der Waals surface area contributed by atoms with Gasteiger partial charge in [0.2, 0.25) is 18.1 Å². The third-order valence-corrected chi connectivity index (χ3v) is 22.4. The highest BCUT2D eigenvalue weighted by atomic mass is 35.7. The van der Waals surface area contributed by atoms with Gasteiger partial charge in [-0.1, -0.05) is 0 Å². The molecule has 0 fully saturated rings. The Hall–Kier alpha value is -12.2. The number of hydrogen-bond donors (Lipinski definition) is 11. The van der Waals surface area contributed by atoms with Crippen molar-refractivity contribution in [2.24, 2.45) is 11.5 Å². The maximum Gasteiger partial charge on any atom is 0.407 e. The number of carbonyl (C=O) groups is 13. The fourth-order valence-corrected chi connectivity index (χ4v) is 13.7. The molecule has 51 nitrogen and oxygen atoms in total. The molecule has 56 heteroatoms. The number of nitro groups is 3. The van der Waals surface area contributed by atoms with E-state index in [0.29, 0.717) is 84.9 Å². The Morgan fingerprint density at radius 2 is 0.792 bits per heavy atom. The van der Waals surface area contributed by atoms with Crippen LogP contribution in [-0.2, 0) is 110 Å². The van der Waals surface area contributed by atoms with Gasteiger partial charge in [-0.15, -0.1) is 12.4 Å². The predicted octanol–water partition coefficient (Wildman–Crippen LogP) is 10.7. The Kier molecular flexibility index (Phi) is 77.2. The number of hydrogen-bond acceptors (Lipinski definition) is 39. The molecule has 4 aromatic heterocycles. The molecule has 144 heavy (non-hydrogen) atoms. The minimum Gasteiger partial charge on any atom is -0.477 e. The standard InChI is InChI=1S/C17H28N2O6S.C15H24N2O6S.C9H12ClNO4S.C9H13NO2.C7H16N2O2.2C6H11NO4.C6H10O3.C5H7NO2.C4H9NO3.C4H9NO2.ClH/c1-7-24-15(20)13-11(2)12(3)14(19-13)26(22,23)10-8-9-18-16(21)25-17(4,5)6;1-9-10(2)12(17-11(9)13(18)19)24(21,22)8-6-7-16-14(20)23-15(3,4)5;1-4-15-9(12)7-5(2)6(3)8(11-7)16(10,13)14;1-4-12-9(11)8-7(3)6(2)5-10-8;1-7(2,3)11-6(10)9-5-4-8;2*1-4(7(9)10)5(2)11-6(3)8;1-2-9-6(8)4-3-5-7;1-3-8-5(7)4-6-2;1-3(4(2)6)5(7)8;1-2-7-4(6)3-5;/h19H,7-10H2,1-6H3,(H,18,21);17H,6-8H2,1-5H3,(H,16,20)(H,18,19);11H,4H2,1-3H3;5,10H,4H2,1-3H3;4-5,8H2,1-3H3,(H,9,10);2*4-5H,1-3H3;5H,2-4H2,1H3;3-4H2,1H3;3-4,6H,1-2H3;2-3,5H2,1H3;1H. The lowest BCUT2D eigenvalue weighted by Crippen LogP contribution is -2.35. The molecule has 6 atom stereocenters. The van der Waals surface area contributed by atoms with Gasteiger partial charge in [0, 0.05) is 98.9 Å². The lowest BCUT2D eigenvalue weighted by Gasteiger charge is -2.19. The van der Waals surface area contributed by atoms with Gasteiger partial charge in [0.05, 0.1) is 64.1 Å². The van der Waals surface area contributed by atoms with Gasteiger partial charge in [-0.3, -0.25) is 49.5 Å². The number of aromatic nitrogens is 4. The topological polar surface area (TPSA) is 751 Å². The number of alkyl carbamates (subject to hydrolysis) is 3. The van der Waals surface area contributed by atoms with Gasteiger partial charge in [0.15, 0.2) is 36.9 Å². The second-order valence-electron chi connectivity index (χ2n) is 32.6. The monoisotopic (exact) mass is 2160 g/mol. The van der Waals surface area contributed by atoms with Gasteiger partial charge in [-0.2, -0.15) is 0 Å². The van der Waals surface area contributed by atoms with Gasteiger partial charge in [-0.25, -0.2) is 70.2 Å². The molecule has 0 aliphatic rings. The molecule has 0 aliphatic carbocycles. The quantitative estimate of drug-likeness (QED) is 0.00294. The summed E-state index contributed by atoms with van der Waals surface area (Å²) in [7, 11) is -5.95. The number of rotatable bonds is 36. The number of amides is 3. The van der Waals surface area contributed by atoms with Crippen molar-refractivity contribution < 1.29 is 165 Å². The van der Waals surface area contributed by atoms with Crippen molar-refractivity contribution in [1.82, 2.24) is 35.9 Å². The van der Waals surface area contributed by atoms with Gasteiger partial charge in [0.1, 0.15) is 62.0 Å². The predicted molar refractivity (Wildman–Crippen MR) is 531 cm³/mol. The number of aldehydes is 1. The molecule has 4 aromatic rings. The number of aryl methyl sites for hydroxylation is 1. The maximum atomic E-state index is 12.5. The van der Waals surface area contributed by atoms with Crippen LogP contribution in [0.25, 0.3) is 4.85 Å². The lowest BCUT2D eigenvalue weighted by atomic mass is 10.2. The number of H-pyrrole nitrogens is 4. The molecule has 0 spiro atoms. The average molecular weight is 2170 g/mol. The van der Waals surface area contributed by atoms with E-state index < -0.39 is 151 Å². The van der Waals surface area contributed by atoms with Crippen LogP contribution in [0.1, 0.15) is 271 Å². The van der Waals surface area contributed by atoms with Crippen molar-refractivity contribution in [3.05, 3.63) is 115 Å². The molecule has 4 heterocycles. The van der Waals surface area contributed by atoms with E-state index in [0.717, 1.165) is 11.1 Å². The van der Waals surface area contributed by atoms with Crippen LogP contribution in [0, 0.1) is 92.3 Å². The van der Waals surface area contributed by atoms with Crippen molar-refractivity contribution in [2.75, 3.05) is 90.4 Å². The van der Waals surface area contributed by atoms with Crippen LogP contribution in [0.4, 0.5) is 14.4 Å². The summed E-state index contributed by atoms with van der Waals surface area (Å²) in [6.07, 6.45) is -0.423. The van der Waals surface area contributed by atoms with E-state index in [2.05, 4.69) is 64.4 Å². The minimum absolute atomic E-state index is 0. The highest BCUT2D eigenvalue weighted by Gasteiger charge is 2.31. The first kappa shape index (κ1) is 147.